The van der Waals surface area contributed by atoms with E-state index >= 15 is 0 Å². The molecule has 3 rings (SSSR count). The first-order valence-electron chi connectivity index (χ1n) is 7.36. The minimum atomic E-state index is -0.566. The van der Waals surface area contributed by atoms with Crippen LogP contribution >= 0.6 is 0 Å². The quantitative estimate of drug-likeness (QED) is 0.525. The monoisotopic (exact) mass is 328 g/mol. The molecule has 0 aliphatic rings. The minimum Gasteiger partial charge on any atom is -0.508 e. The molecule has 0 amide bonds. The first-order valence-corrected chi connectivity index (χ1v) is 7.36. The second kappa shape index (κ2) is 7.01. The number of phenolic OH excluding ortho intramolecular Hbond substituents is 1. The number of benzene rings is 1. The van der Waals surface area contributed by atoms with Crippen molar-refractivity contribution in [3.05, 3.63) is 82.0 Å². The summed E-state index contributed by atoms with van der Waals surface area (Å²) in [6.45, 7) is 1.28. The molecule has 0 saturated carbocycles. The Bertz CT molecular complexity index is 810. The molecule has 1 N–H and O–H groups in total. The van der Waals surface area contributed by atoms with E-state index < -0.39 is 4.92 Å². The van der Waals surface area contributed by atoms with Gasteiger partial charge in [0.1, 0.15) is 22.2 Å². The van der Waals surface area contributed by atoms with Crippen LogP contribution in [0, 0.1) is 10.1 Å². The number of rotatable bonds is 7. The van der Waals surface area contributed by atoms with Crippen LogP contribution in [0.3, 0.4) is 0 Å². The van der Waals surface area contributed by atoms with Crippen molar-refractivity contribution in [1.82, 2.24) is 4.90 Å². The van der Waals surface area contributed by atoms with Crippen LogP contribution < -0.4 is 0 Å². The molecule has 1 aromatic carbocycles. The summed E-state index contributed by atoms with van der Waals surface area (Å²) >= 11 is 0. The van der Waals surface area contributed by atoms with Gasteiger partial charge in [-0.2, -0.15) is 0 Å². The van der Waals surface area contributed by atoms with Gasteiger partial charge in [-0.05, 0) is 24.3 Å². The van der Waals surface area contributed by atoms with Crippen molar-refractivity contribution in [2.45, 2.75) is 19.6 Å². The van der Waals surface area contributed by atoms with Crippen molar-refractivity contribution in [2.75, 3.05) is 0 Å². The second-order valence-corrected chi connectivity index (χ2v) is 5.35. The molecule has 2 heterocycles. The topological polar surface area (TPSA) is 92.9 Å². The van der Waals surface area contributed by atoms with Gasteiger partial charge in [-0.1, -0.05) is 18.2 Å². The van der Waals surface area contributed by atoms with E-state index in [1.54, 1.807) is 30.5 Å². The second-order valence-electron chi connectivity index (χ2n) is 5.35. The van der Waals surface area contributed by atoms with E-state index in [9.17, 15) is 15.2 Å². The molecule has 0 bridgehead atoms. The van der Waals surface area contributed by atoms with Gasteiger partial charge < -0.3 is 13.9 Å². The Kier molecular flexibility index (Phi) is 4.62. The summed E-state index contributed by atoms with van der Waals surface area (Å²) in [5, 5.41) is 20.7. The van der Waals surface area contributed by atoms with Crippen LogP contribution in [0.25, 0.3) is 0 Å². The van der Waals surface area contributed by atoms with Crippen molar-refractivity contribution in [3.8, 4) is 5.75 Å². The average molecular weight is 328 g/mol. The zero-order chi connectivity index (χ0) is 16.9. The van der Waals surface area contributed by atoms with Crippen molar-refractivity contribution in [1.29, 1.82) is 0 Å². The highest BCUT2D eigenvalue weighted by atomic mass is 16.6. The van der Waals surface area contributed by atoms with Crippen molar-refractivity contribution < 1.29 is 18.9 Å². The Morgan fingerprint density at radius 1 is 1.00 bits per heavy atom. The maximum absolute atomic E-state index is 10.7. The number of nitrogens with zero attached hydrogens (tertiary/aromatic N) is 2. The number of hydrogen-bond acceptors (Lipinski definition) is 6. The van der Waals surface area contributed by atoms with Crippen molar-refractivity contribution in [2.24, 2.45) is 0 Å². The molecule has 0 atom stereocenters. The normalized spacial score (nSPS) is 11.0. The molecular formula is C17H16N2O5. The van der Waals surface area contributed by atoms with Crippen LogP contribution in [-0.4, -0.2) is 14.9 Å². The zero-order valence-electron chi connectivity index (χ0n) is 12.8. The Morgan fingerprint density at radius 3 is 2.46 bits per heavy atom. The first-order chi connectivity index (χ1) is 11.6. The summed E-state index contributed by atoms with van der Waals surface area (Å²) in [5.41, 5.74) is 0.755. The molecule has 3 aromatic rings. The fourth-order valence-corrected chi connectivity index (χ4v) is 2.45. The van der Waals surface area contributed by atoms with E-state index in [2.05, 4.69) is 0 Å². The smallest absolute Gasteiger partial charge is 0.433 e. The van der Waals surface area contributed by atoms with Crippen LogP contribution in [0.4, 0.5) is 5.88 Å². The minimum absolute atomic E-state index is 0.201. The largest absolute Gasteiger partial charge is 0.508 e. The van der Waals surface area contributed by atoms with E-state index in [0.717, 1.165) is 11.3 Å². The highest BCUT2D eigenvalue weighted by Gasteiger charge is 2.17. The Morgan fingerprint density at radius 2 is 1.79 bits per heavy atom. The zero-order valence-corrected chi connectivity index (χ0v) is 12.8. The highest BCUT2D eigenvalue weighted by Crippen LogP contribution is 2.23. The van der Waals surface area contributed by atoms with E-state index in [1.807, 2.05) is 23.1 Å². The fraction of sp³-hybridized carbons (Fsp3) is 0.176. The molecule has 0 spiro atoms. The lowest BCUT2D eigenvalue weighted by Gasteiger charge is -2.20. The Balaban J connectivity index is 1.78. The van der Waals surface area contributed by atoms with Gasteiger partial charge in [0, 0.05) is 12.1 Å². The number of furan rings is 2. The van der Waals surface area contributed by atoms with Gasteiger partial charge in [0.15, 0.2) is 0 Å². The summed E-state index contributed by atoms with van der Waals surface area (Å²) in [6, 6.07) is 13.6. The van der Waals surface area contributed by atoms with Gasteiger partial charge in [-0.15, -0.1) is 0 Å². The maximum atomic E-state index is 10.7. The SMILES string of the molecule is O=[N+]([O-])c1ccc(CN(Cc2ccco2)Cc2ccccc2O)o1. The molecule has 0 saturated heterocycles. The predicted molar refractivity (Wildman–Crippen MR) is 85.1 cm³/mol. The third kappa shape index (κ3) is 3.82. The predicted octanol–water partition coefficient (Wildman–Crippen LogP) is 3.69. The summed E-state index contributed by atoms with van der Waals surface area (Å²) in [4.78, 5) is 12.1. The van der Waals surface area contributed by atoms with Gasteiger partial charge in [0.2, 0.25) is 0 Å². The molecule has 2 aromatic heterocycles. The van der Waals surface area contributed by atoms with E-state index in [4.69, 9.17) is 8.83 Å². The molecule has 0 aliphatic heterocycles. The van der Waals surface area contributed by atoms with E-state index in [-0.39, 0.29) is 11.6 Å². The van der Waals surface area contributed by atoms with Crippen LogP contribution in [0.15, 0.2) is 63.6 Å². The number of para-hydroxylation sites is 1. The summed E-state index contributed by atoms with van der Waals surface area (Å²) in [7, 11) is 0. The standard InChI is InChI=1S/C17H16N2O5/c20-16-6-2-1-4-13(16)10-18(11-14-5-3-9-23-14)12-15-7-8-17(24-15)19(21)22/h1-9,20H,10-12H2. The number of phenols is 1. The third-order valence-electron chi connectivity index (χ3n) is 3.55. The van der Waals surface area contributed by atoms with E-state index in [1.165, 1.54) is 6.07 Å². The summed E-state index contributed by atoms with van der Waals surface area (Å²) in [5.74, 6) is 1.15. The van der Waals surface area contributed by atoms with Crippen molar-refractivity contribution >= 4 is 5.88 Å². The first kappa shape index (κ1) is 15.8. The summed E-state index contributed by atoms with van der Waals surface area (Å²) in [6.07, 6.45) is 1.59. The van der Waals surface area contributed by atoms with Crippen LogP contribution in [0.1, 0.15) is 17.1 Å². The molecule has 24 heavy (non-hydrogen) atoms. The molecule has 7 nitrogen and oxygen atoms in total. The molecule has 0 unspecified atom stereocenters. The van der Waals surface area contributed by atoms with Gasteiger partial charge in [0.25, 0.3) is 0 Å². The number of hydrogen-bond donors (Lipinski definition) is 1. The lowest BCUT2D eigenvalue weighted by atomic mass is 10.2. The maximum Gasteiger partial charge on any atom is 0.433 e. The third-order valence-corrected chi connectivity index (χ3v) is 3.55. The van der Waals surface area contributed by atoms with Crippen molar-refractivity contribution in [3.63, 3.8) is 0 Å². The van der Waals surface area contributed by atoms with Crippen LogP contribution in [-0.2, 0) is 19.6 Å². The van der Waals surface area contributed by atoms with Gasteiger partial charge in [-0.3, -0.25) is 15.0 Å². The lowest BCUT2D eigenvalue weighted by molar-refractivity contribution is -0.402. The van der Waals surface area contributed by atoms with Gasteiger partial charge in [-0.25, -0.2) is 0 Å². The van der Waals surface area contributed by atoms with E-state index in [0.29, 0.717) is 25.4 Å². The average Bonchev–Trinajstić information content (AvgIpc) is 3.21. The summed E-state index contributed by atoms with van der Waals surface area (Å²) < 4.78 is 10.6. The number of aromatic hydroxyl groups is 1. The Hall–Kier alpha value is -3.06. The molecule has 7 heteroatoms. The lowest BCUT2D eigenvalue weighted by Crippen LogP contribution is -2.22. The fourth-order valence-electron chi connectivity index (χ4n) is 2.45. The Labute approximate surface area is 137 Å². The molecular weight excluding hydrogens is 312 g/mol. The highest BCUT2D eigenvalue weighted by molar-refractivity contribution is 5.31. The van der Waals surface area contributed by atoms with Crippen LogP contribution in [0.2, 0.25) is 0 Å². The molecule has 124 valence electrons. The molecule has 0 radical (unpaired) electrons. The number of nitro groups is 1. The van der Waals surface area contributed by atoms with Gasteiger partial charge >= 0.3 is 5.88 Å². The molecule has 0 fully saturated rings. The van der Waals surface area contributed by atoms with Gasteiger partial charge in [0.05, 0.1) is 25.4 Å². The molecule has 0 aliphatic carbocycles. The van der Waals surface area contributed by atoms with Crippen LogP contribution in [0.5, 0.6) is 5.75 Å².